The zero-order valence-electron chi connectivity index (χ0n) is 17.4. The highest BCUT2D eigenvalue weighted by Crippen LogP contribution is 2.20. The number of guanidine groups is 1. The molecule has 28 heavy (non-hydrogen) atoms. The van der Waals surface area contributed by atoms with E-state index in [0.29, 0.717) is 25.6 Å². The van der Waals surface area contributed by atoms with Gasteiger partial charge in [-0.1, -0.05) is 44.2 Å². The summed E-state index contributed by atoms with van der Waals surface area (Å²) in [5.74, 6) is 0.783. The number of likely N-dealkylation sites (N-methyl/N-ethyl adjacent to an activating group) is 1. The lowest BCUT2D eigenvalue weighted by atomic mass is 10.1. The number of nitrogens with one attached hydrogen (secondary N) is 3. The molecule has 0 saturated heterocycles. The fourth-order valence-corrected chi connectivity index (χ4v) is 3.40. The highest BCUT2D eigenvalue weighted by Gasteiger charge is 2.17. The Morgan fingerprint density at radius 2 is 1.68 bits per heavy atom. The molecule has 0 aromatic heterocycles. The monoisotopic (exact) mass is 525 g/mol. The van der Waals surface area contributed by atoms with Gasteiger partial charge in [-0.05, 0) is 32.5 Å². The first-order chi connectivity index (χ1) is 13.0. The largest absolute Gasteiger partial charge is 0.357 e. The van der Waals surface area contributed by atoms with Gasteiger partial charge in [0.15, 0.2) is 5.96 Å². The summed E-state index contributed by atoms with van der Waals surface area (Å²) in [6.45, 7) is 12.0. The highest BCUT2D eigenvalue weighted by atomic mass is 127. The number of halogens is 1. The molecule has 0 spiro atoms. The van der Waals surface area contributed by atoms with Gasteiger partial charge in [-0.2, -0.15) is 0 Å². The Morgan fingerprint density at radius 3 is 2.21 bits per heavy atom. The summed E-state index contributed by atoms with van der Waals surface area (Å²) >= 11 is 0. The molecule has 0 bridgehead atoms. The minimum atomic E-state index is -3.17. The Balaban J connectivity index is 0.00000729. The summed E-state index contributed by atoms with van der Waals surface area (Å²) in [6, 6.07) is 10.6. The van der Waals surface area contributed by atoms with E-state index >= 15 is 0 Å². The number of hydrogen-bond acceptors (Lipinski definition) is 4. The van der Waals surface area contributed by atoms with Gasteiger partial charge in [0.1, 0.15) is 0 Å². The van der Waals surface area contributed by atoms with Crippen LogP contribution in [0.25, 0.3) is 0 Å². The van der Waals surface area contributed by atoms with Gasteiger partial charge in [0, 0.05) is 19.6 Å². The van der Waals surface area contributed by atoms with Gasteiger partial charge in [0.25, 0.3) is 0 Å². The van der Waals surface area contributed by atoms with Crippen LogP contribution in [-0.4, -0.2) is 64.3 Å². The molecule has 3 N–H and O–H groups in total. The minimum absolute atomic E-state index is 0. The summed E-state index contributed by atoms with van der Waals surface area (Å²) < 4.78 is 25.5. The number of rotatable bonds is 12. The predicted molar refractivity (Wildman–Crippen MR) is 129 cm³/mol. The Labute approximate surface area is 187 Å². The molecule has 1 aromatic carbocycles. The van der Waals surface area contributed by atoms with Crippen LogP contribution in [0.4, 0.5) is 0 Å². The smallest absolute Gasteiger partial charge is 0.211 e. The van der Waals surface area contributed by atoms with Crippen LogP contribution in [0.3, 0.4) is 0 Å². The second-order valence-electron chi connectivity index (χ2n) is 6.09. The van der Waals surface area contributed by atoms with Crippen LogP contribution >= 0.6 is 24.0 Å². The Hall–Kier alpha value is -0.910. The molecule has 9 heteroatoms. The van der Waals surface area contributed by atoms with Gasteiger partial charge < -0.3 is 10.6 Å². The van der Waals surface area contributed by atoms with E-state index < -0.39 is 10.0 Å². The Morgan fingerprint density at radius 1 is 1.04 bits per heavy atom. The van der Waals surface area contributed by atoms with Crippen LogP contribution in [0, 0.1) is 0 Å². The lowest BCUT2D eigenvalue weighted by Crippen LogP contribution is -2.42. The molecule has 0 aliphatic heterocycles. The van der Waals surface area contributed by atoms with E-state index in [1.165, 1.54) is 5.56 Å². The number of benzene rings is 1. The normalized spacial score (nSPS) is 13.1. The fraction of sp³-hybridized carbons (Fsp3) is 0.632. The van der Waals surface area contributed by atoms with Crippen molar-refractivity contribution in [2.24, 2.45) is 4.99 Å². The first-order valence-electron chi connectivity index (χ1n) is 9.75. The zero-order valence-corrected chi connectivity index (χ0v) is 20.6. The topological polar surface area (TPSA) is 85.8 Å². The van der Waals surface area contributed by atoms with Crippen molar-refractivity contribution in [3.05, 3.63) is 35.9 Å². The van der Waals surface area contributed by atoms with Crippen molar-refractivity contribution < 1.29 is 8.42 Å². The van der Waals surface area contributed by atoms with E-state index in [-0.39, 0.29) is 35.8 Å². The van der Waals surface area contributed by atoms with Gasteiger partial charge >= 0.3 is 0 Å². The molecule has 0 saturated carbocycles. The number of nitrogens with zero attached hydrogens (tertiary/aromatic N) is 2. The standard InChI is InChI=1S/C19H35N5O2S.HI/c1-5-20-19(21-14-15-23-27(25,26)8-4)22-16-18(24(6-2)7-3)17-12-10-9-11-13-17;/h9-13,18,23H,5-8,14-16H2,1-4H3,(H2,20,21,22);1H. The molecule has 0 heterocycles. The van der Waals surface area contributed by atoms with Crippen LogP contribution in [0.1, 0.15) is 39.3 Å². The molecule has 1 unspecified atom stereocenters. The third kappa shape index (κ3) is 10.0. The molecular formula is C19H36IN5O2S. The molecule has 0 radical (unpaired) electrons. The Bertz CT molecular complexity index is 652. The molecule has 1 rings (SSSR count). The highest BCUT2D eigenvalue weighted by molar-refractivity contribution is 14.0. The molecule has 1 atom stereocenters. The molecule has 1 aromatic rings. The summed E-state index contributed by atoms with van der Waals surface area (Å²) in [5.41, 5.74) is 1.25. The lowest BCUT2D eigenvalue weighted by Gasteiger charge is -2.29. The Kier molecular flexibility index (Phi) is 14.5. The van der Waals surface area contributed by atoms with E-state index in [2.05, 4.69) is 58.4 Å². The first-order valence-corrected chi connectivity index (χ1v) is 11.4. The summed E-state index contributed by atoms with van der Waals surface area (Å²) in [7, 11) is -3.17. The van der Waals surface area contributed by atoms with Crippen LogP contribution in [0.2, 0.25) is 0 Å². The van der Waals surface area contributed by atoms with Gasteiger partial charge in [-0.15, -0.1) is 24.0 Å². The van der Waals surface area contributed by atoms with Crippen LogP contribution in [0.5, 0.6) is 0 Å². The van der Waals surface area contributed by atoms with Crippen molar-refractivity contribution in [1.29, 1.82) is 0 Å². The predicted octanol–water partition coefficient (Wildman–Crippen LogP) is 2.18. The van der Waals surface area contributed by atoms with Crippen molar-refractivity contribution >= 4 is 40.0 Å². The van der Waals surface area contributed by atoms with Crippen LogP contribution < -0.4 is 15.4 Å². The van der Waals surface area contributed by atoms with E-state index in [0.717, 1.165) is 19.6 Å². The fourth-order valence-electron chi connectivity index (χ4n) is 2.78. The van der Waals surface area contributed by atoms with Crippen LogP contribution in [-0.2, 0) is 10.0 Å². The van der Waals surface area contributed by atoms with Crippen molar-refractivity contribution in [2.45, 2.75) is 33.7 Å². The zero-order chi connectivity index (χ0) is 20.1. The van der Waals surface area contributed by atoms with Gasteiger partial charge in [-0.3, -0.25) is 9.89 Å². The van der Waals surface area contributed by atoms with E-state index in [1.54, 1.807) is 6.92 Å². The SMILES string of the molecule is CCNC(=NCC(c1ccccc1)N(CC)CC)NCCNS(=O)(=O)CC.I. The average molecular weight is 526 g/mol. The van der Waals surface area contributed by atoms with Gasteiger partial charge in [0.05, 0.1) is 18.3 Å². The minimum Gasteiger partial charge on any atom is -0.357 e. The maximum Gasteiger partial charge on any atom is 0.211 e. The summed E-state index contributed by atoms with van der Waals surface area (Å²) in [4.78, 5) is 7.12. The molecule has 7 nitrogen and oxygen atoms in total. The molecule has 0 fully saturated rings. The molecule has 162 valence electrons. The van der Waals surface area contributed by atoms with Crippen molar-refractivity contribution in [3.8, 4) is 0 Å². The van der Waals surface area contributed by atoms with E-state index in [9.17, 15) is 8.42 Å². The van der Waals surface area contributed by atoms with Gasteiger partial charge in [0.2, 0.25) is 10.0 Å². The van der Waals surface area contributed by atoms with E-state index in [4.69, 9.17) is 4.99 Å². The number of hydrogen-bond donors (Lipinski definition) is 3. The molecule has 0 amide bonds. The summed E-state index contributed by atoms with van der Waals surface area (Å²) in [6.07, 6.45) is 0. The van der Waals surface area contributed by atoms with Crippen molar-refractivity contribution in [1.82, 2.24) is 20.3 Å². The maximum atomic E-state index is 11.5. The molecule has 0 aliphatic carbocycles. The lowest BCUT2D eigenvalue weighted by molar-refractivity contribution is 0.224. The second-order valence-corrected chi connectivity index (χ2v) is 8.19. The number of aliphatic imine (C=N–C) groups is 1. The van der Waals surface area contributed by atoms with Crippen molar-refractivity contribution in [3.63, 3.8) is 0 Å². The third-order valence-corrected chi connectivity index (χ3v) is 5.73. The number of sulfonamides is 1. The summed E-state index contributed by atoms with van der Waals surface area (Å²) in [5, 5.41) is 6.41. The first kappa shape index (κ1) is 27.1. The second kappa shape index (κ2) is 15.0. The van der Waals surface area contributed by atoms with Crippen LogP contribution in [0.15, 0.2) is 35.3 Å². The molecular weight excluding hydrogens is 489 g/mol. The van der Waals surface area contributed by atoms with Gasteiger partial charge in [-0.25, -0.2) is 13.1 Å². The third-order valence-electron chi connectivity index (χ3n) is 4.32. The van der Waals surface area contributed by atoms with Crippen molar-refractivity contribution in [2.75, 3.05) is 45.0 Å². The maximum absolute atomic E-state index is 11.5. The quantitative estimate of drug-likeness (QED) is 0.169. The molecule has 0 aliphatic rings. The van der Waals surface area contributed by atoms with E-state index in [1.807, 2.05) is 13.0 Å². The average Bonchev–Trinajstić information content (AvgIpc) is 2.68.